The Morgan fingerprint density at radius 3 is 2.89 bits per heavy atom. The average molecular weight is 254 g/mol. The van der Waals surface area contributed by atoms with Gasteiger partial charge in [0.15, 0.2) is 0 Å². The van der Waals surface area contributed by atoms with Crippen molar-refractivity contribution < 1.29 is 14.8 Å². The lowest BCUT2D eigenvalue weighted by Crippen LogP contribution is -2.40. The zero-order valence-electron chi connectivity index (χ0n) is 10.1. The van der Waals surface area contributed by atoms with Crippen molar-refractivity contribution in [3.63, 3.8) is 0 Å². The maximum absolute atomic E-state index is 11.3. The van der Waals surface area contributed by atoms with E-state index in [-0.39, 0.29) is 17.6 Å². The van der Waals surface area contributed by atoms with Gasteiger partial charge in [0.25, 0.3) is 0 Å². The number of carboxylic acids is 1. The zero-order valence-corrected chi connectivity index (χ0v) is 10.1. The summed E-state index contributed by atoms with van der Waals surface area (Å²) in [5, 5.41) is 20.1. The van der Waals surface area contributed by atoms with Crippen LogP contribution < -0.4 is 4.90 Å². The Bertz CT molecular complexity index is 498. The Kier molecular flexibility index (Phi) is 2.93. The third-order valence-corrected chi connectivity index (χ3v) is 3.29. The quantitative estimate of drug-likeness (QED) is 0.627. The van der Waals surface area contributed by atoms with Gasteiger partial charge in [-0.05, 0) is 22.2 Å². The molecule has 0 spiro atoms. The van der Waals surface area contributed by atoms with Gasteiger partial charge >= 0.3 is 11.8 Å². The summed E-state index contributed by atoms with van der Waals surface area (Å²) in [7, 11) is 1.62. The molecule has 0 aliphatic carbocycles. The highest BCUT2D eigenvalue weighted by Gasteiger charge is 2.41. The Hall–Kier alpha value is -2.12. The van der Waals surface area contributed by atoms with E-state index in [9.17, 15) is 20.0 Å². The van der Waals surface area contributed by atoms with E-state index in [0.29, 0.717) is 13.0 Å². The number of nitrogens with zero attached hydrogens (tertiary/aromatic N) is 4. The van der Waals surface area contributed by atoms with E-state index in [0.717, 1.165) is 0 Å². The summed E-state index contributed by atoms with van der Waals surface area (Å²) in [4.78, 5) is 26.8. The molecule has 1 aromatic heterocycles. The van der Waals surface area contributed by atoms with Crippen molar-refractivity contribution in [1.29, 1.82) is 0 Å². The first-order valence-corrected chi connectivity index (χ1v) is 5.58. The molecule has 2 atom stereocenters. The third-order valence-electron chi connectivity index (χ3n) is 3.29. The molecular weight excluding hydrogens is 240 g/mol. The highest BCUT2D eigenvalue weighted by molar-refractivity contribution is 5.80. The second kappa shape index (κ2) is 4.28. The molecule has 8 nitrogen and oxygen atoms in total. The van der Waals surface area contributed by atoms with E-state index in [2.05, 4.69) is 4.98 Å². The van der Waals surface area contributed by atoms with Crippen LogP contribution in [0.15, 0.2) is 6.33 Å². The van der Waals surface area contributed by atoms with E-state index in [1.165, 1.54) is 10.9 Å². The Morgan fingerprint density at radius 2 is 2.33 bits per heavy atom. The van der Waals surface area contributed by atoms with Gasteiger partial charge in [0.1, 0.15) is 6.04 Å². The molecule has 1 aliphatic rings. The van der Waals surface area contributed by atoms with Crippen LogP contribution in [0.1, 0.15) is 13.3 Å². The highest BCUT2D eigenvalue weighted by atomic mass is 16.6. The van der Waals surface area contributed by atoms with Crippen LogP contribution in [0, 0.1) is 16.0 Å². The second-order valence-corrected chi connectivity index (χ2v) is 4.50. The zero-order chi connectivity index (χ0) is 13.4. The van der Waals surface area contributed by atoms with Crippen molar-refractivity contribution in [2.45, 2.75) is 19.4 Å². The monoisotopic (exact) mass is 254 g/mol. The maximum Gasteiger partial charge on any atom is 0.406 e. The standard InChI is InChI=1S/C10H14N4O4/c1-6-3-4-13(7(6)10(15)16)9-8(14(17)18)11-5-12(9)2/h5-7H,3-4H2,1-2H3,(H,15,16). The molecule has 1 aromatic rings. The van der Waals surface area contributed by atoms with Crippen molar-refractivity contribution in [3.05, 3.63) is 16.4 Å². The number of carboxylic acid groups (broad SMARTS) is 1. The molecule has 8 heteroatoms. The summed E-state index contributed by atoms with van der Waals surface area (Å²) >= 11 is 0. The fourth-order valence-electron chi connectivity index (χ4n) is 2.43. The normalized spacial score (nSPS) is 23.3. The predicted molar refractivity (Wildman–Crippen MR) is 62.4 cm³/mol. The molecule has 2 unspecified atom stereocenters. The first-order chi connectivity index (χ1) is 8.43. The van der Waals surface area contributed by atoms with Crippen molar-refractivity contribution in [2.75, 3.05) is 11.4 Å². The van der Waals surface area contributed by atoms with E-state index in [1.807, 2.05) is 6.92 Å². The Labute approximate surface area is 103 Å². The van der Waals surface area contributed by atoms with Gasteiger partial charge in [-0.3, -0.25) is 4.57 Å². The molecule has 18 heavy (non-hydrogen) atoms. The number of aliphatic carboxylic acids is 1. The number of aromatic nitrogens is 2. The summed E-state index contributed by atoms with van der Waals surface area (Å²) < 4.78 is 1.49. The van der Waals surface area contributed by atoms with Gasteiger partial charge in [-0.25, -0.2) is 4.79 Å². The number of nitro groups is 1. The lowest BCUT2D eigenvalue weighted by atomic mass is 10.0. The topological polar surface area (TPSA) is 101 Å². The summed E-state index contributed by atoms with van der Waals surface area (Å²) in [6.45, 7) is 2.32. The largest absolute Gasteiger partial charge is 0.480 e. The Morgan fingerprint density at radius 1 is 1.67 bits per heavy atom. The lowest BCUT2D eigenvalue weighted by molar-refractivity contribution is -0.388. The van der Waals surface area contributed by atoms with Gasteiger partial charge in [-0.1, -0.05) is 6.92 Å². The van der Waals surface area contributed by atoms with Crippen LogP contribution in [0.3, 0.4) is 0 Å². The minimum atomic E-state index is -0.963. The predicted octanol–water partition coefficient (Wildman–Crippen LogP) is 0.628. The molecule has 1 aliphatic heterocycles. The van der Waals surface area contributed by atoms with Crippen LogP contribution in [0.25, 0.3) is 0 Å². The third kappa shape index (κ3) is 1.79. The van der Waals surface area contributed by atoms with E-state index in [4.69, 9.17) is 0 Å². The van der Waals surface area contributed by atoms with Gasteiger partial charge in [-0.2, -0.15) is 0 Å². The Balaban J connectivity index is 2.45. The van der Waals surface area contributed by atoms with Crippen molar-refractivity contribution in [3.8, 4) is 0 Å². The van der Waals surface area contributed by atoms with Crippen LogP contribution in [0.2, 0.25) is 0 Å². The first-order valence-electron chi connectivity index (χ1n) is 5.58. The summed E-state index contributed by atoms with van der Waals surface area (Å²) in [6.07, 6.45) is 2.02. The van der Waals surface area contributed by atoms with Gasteiger partial charge < -0.3 is 20.1 Å². The number of aryl methyl sites for hydroxylation is 1. The minimum Gasteiger partial charge on any atom is -0.480 e. The van der Waals surface area contributed by atoms with Crippen molar-refractivity contribution in [2.24, 2.45) is 13.0 Å². The molecule has 0 saturated carbocycles. The molecule has 1 saturated heterocycles. The van der Waals surface area contributed by atoms with Gasteiger partial charge in [-0.15, -0.1) is 0 Å². The molecule has 0 aromatic carbocycles. The molecule has 1 fully saturated rings. The van der Waals surface area contributed by atoms with Crippen LogP contribution in [0.5, 0.6) is 0 Å². The average Bonchev–Trinajstić information content (AvgIpc) is 2.81. The minimum absolute atomic E-state index is 0.0444. The molecule has 0 amide bonds. The fourth-order valence-corrected chi connectivity index (χ4v) is 2.43. The number of carbonyl (C=O) groups is 1. The molecule has 0 bridgehead atoms. The maximum atomic E-state index is 11.3. The molecule has 0 radical (unpaired) electrons. The fraction of sp³-hybridized carbons (Fsp3) is 0.600. The van der Waals surface area contributed by atoms with Crippen molar-refractivity contribution >= 4 is 17.6 Å². The van der Waals surface area contributed by atoms with Crippen LogP contribution in [0.4, 0.5) is 11.6 Å². The number of hydrogen-bond acceptors (Lipinski definition) is 5. The van der Waals surface area contributed by atoms with Crippen molar-refractivity contribution in [1.82, 2.24) is 9.55 Å². The summed E-state index contributed by atoms with van der Waals surface area (Å²) in [5.41, 5.74) is 0. The van der Waals surface area contributed by atoms with E-state index < -0.39 is 16.9 Å². The highest BCUT2D eigenvalue weighted by Crippen LogP contribution is 2.34. The lowest BCUT2D eigenvalue weighted by Gasteiger charge is -2.24. The second-order valence-electron chi connectivity index (χ2n) is 4.50. The van der Waals surface area contributed by atoms with Crippen LogP contribution >= 0.6 is 0 Å². The molecule has 2 heterocycles. The van der Waals surface area contributed by atoms with E-state index in [1.54, 1.807) is 11.9 Å². The number of imidazole rings is 1. The SMILES string of the molecule is CC1CCN(c2c([N+](=O)[O-])ncn2C)C1C(=O)O. The summed E-state index contributed by atoms with van der Waals surface area (Å²) in [5.74, 6) is -1.04. The van der Waals surface area contributed by atoms with Gasteiger partial charge in [0.05, 0.1) is 0 Å². The van der Waals surface area contributed by atoms with E-state index >= 15 is 0 Å². The van der Waals surface area contributed by atoms with Gasteiger partial charge in [0.2, 0.25) is 12.1 Å². The number of hydrogen-bond donors (Lipinski definition) is 1. The number of rotatable bonds is 3. The summed E-state index contributed by atoms with van der Waals surface area (Å²) in [6, 6.07) is -0.737. The molecule has 1 N–H and O–H groups in total. The van der Waals surface area contributed by atoms with Crippen LogP contribution in [-0.4, -0.2) is 38.1 Å². The smallest absolute Gasteiger partial charge is 0.406 e. The molecular formula is C10H14N4O4. The van der Waals surface area contributed by atoms with Crippen LogP contribution in [-0.2, 0) is 11.8 Å². The molecule has 98 valence electrons. The molecule has 2 rings (SSSR count). The first kappa shape index (κ1) is 12.3. The number of anilines is 1. The van der Waals surface area contributed by atoms with Gasteiger partial charge in [0, 0.05) is 13.6 Å².